The number of hydrogen-bond donors (Lipinski definition) is 2. The smallest absolute Gasteiger partial charge is 0.416 e. The Bertz CT molecular complexity index is 592. The summed E-state index contributed by atoms with van der Waals surface area (Å²) in [5.74, 6) is -1.66. The summed E-state index contributed by atoms with van der Waals surface area (Å²) in [6, 6.07) is 4.09. The molecule has 1 saturated carbocycles. The summed E-state index contributed by atoms with van der Waals surface area (Å²) in [6.07, 6.45) is -1.10. The summed E-state index contributed by atoms with van der Waals surface area (Å²) in [6.45, 7) is -0.0720. The van der Waals surface area contributed by atoms with E-state index >= 15 is 0 Å². The van der Waals surface area contributed by atoms with Gasteiger partial charge in [-0.2, -0.15) is 13.2 Å². The molecule has 1 amide bonds. The molecule has 0 aromatic heterocycles. The van der Waals surface area contributed by atoms with Gasteiger partial charge in [0.2, 0.25) is 0 Å². The first-order valence-corrected chi connectivity index (χ1v) is 7.43. The highest BCUT2D eigenvalue weighted by molar-refractivity contribution is 5.94. The van der Waals surface area contributed by atoms with E-state index in [4.69, 9.17) is 0 Å². The van der Waals surface area contributed by atoms with Crippen LogP contribution in [0.5, 0.6) is 0 Å². The first-order chi connectivity index (χ1) is 10.7. The zero-order chi connectivity index (χ0) is 17.1. The first-order valence-electron chi connectivity index (χ1n) is 7.43. The van der Waals surface area contributed by atoms with Gasteiger partial charge in [0.05, 0.1) is 11.0 Å². The average molecular weight is 329 g/mol. The summed E-state index contributed by atoms with van der Waals surface area (Å²) in [7, 11) is 0. The average Bonchev–Trinajstić information content (AvgIpc) is 2.52. The minimum Gasteiger partial charge on any atom is -0.481 e. The molecule has 1 aliphatic rings. The Hall–Kier alpha value is -2.05. The van der Waals surface area contributed by atoms with Crippen LogP contribution in [0.2, 0.25) is 0 Å². The van der Waals surface area contributed by atoms with E-state index in [1.807, 2.05) is 0 Å². The van der Waals surface area contributed by atoms with Gasteiger partial charge in [-0.25, -0.2) is 0 Å². The van der Waals surface area contributed by atoms with Crippen LogP contribution in [-0.2, 0) is 11.0 Å². The Morgan fingerprint density at radius 3 is 2.39 bits per heavy atom. The molecule has 4 nitrogen and oxygen atoms in total. The third kappa shape index (κ3) is 4.03. The number of carbonyl (C=O) groups is 2. The zero-order valence-corrected chi connectivity index (χ0v) is 12.4. The van der Waals surface area contributed by atoms with E-state index in [9.17, 15) is 27.9 Å². The van der Waals surface area contributed by atoms with Crippen LogP contribution in [-0.4, -0.2) is 23.5 Å². The highest BCUT2D eigenvalue weighted by atomic mass is 19.4. The van der Waals surface area contributed by atoms with Crippen molar-refractivity contribution in [3.8, 4) is 0 Å². The number of carboxylic acids is 1. The number of amides is 1. The molecule has 126 valence electrons. The highest BCUT2D eigenvalue weighted by Crippen LogP contribution is 2.36. The lowest BCUT2D eigenvalue weighted by atomic mass is 9.74. The van der Waals surface area contributed by atoms with E-state index in [0.29, 0.717) is 12.8 Å². The van der Waals surface area contributed by atoms with Gasteiger partial charge in [-0.05, 0) is 31.0 Å². The molecule has 2 rings (SSSR count). The third-order valence-corrected chi connectivity index (χ3v) is 4.30. The molecule has 0 atom stereocenters. The maximum atomic E-state index is 12.7. The predicted molar refractivity (Wildman–Crippen MR) is 76.9 cm³/mol. The highest BCUT2D eigenvalue weighted by Gasteiger charge is 2.40. The summed E-state index contributed by atoms with van der Waals surface area (Å²) < 4.78 is 38.0. The van der Waals surface area contributed by atoms with Crippen LogP contribution in [0.15, 0.2) is 24.3 Å². The maximum absolute atomic E-state index is 12.7. The third-order valence-electron chi connectivity index (χ3n) is 4.30. The minimum absolute atomic E-state index is 0.0720. The van der Waals surface area contributed by atoms with Crippen LogP contribution < -0.4 is 5.32 Å². The van der Waals surface area contributed by atoms with Crippen LogP contribution in [0.1, 0.15) is 48.0 Å². The molecule has 0 unspecified atom stereocenters. The monoisotopic (exact) mass is 329 g/mol. The Labute approximate surface area is 131 Å². The summed E-state index contributed by atoms with van der Waals surface area (Å²) in [5, 5.41) is 11.9. The molecule has 1 aliphatic carbocycles. The second-order valence-corrected chi connectivity index (χ2v) is 5.91. The number of nitrogens with one attached hydrogen (secondary N) is 1. The number of halogens is 3. The van der Waals surface area contributed by atoms with E-state index < -0.39 is 29.0 Å². The molecular formula is C16H18F3NO3. The lowest BCUT2D eigenvalue weighted by molar-refractivity contribution is -0.150. The molecule has 0 spiro atoms. The van der Waals surface area contributed by atoms with Gasteiger partial charge in [0.15, 0.2) is 0 Å². The van der Waals surface area contributed by atoms with Crippen molar-refractivity contribution in [1.29, 1.82) is 0 Å². The topological polar surface area (TPSA) is 66.4 Å². The minimum atomic E-state index is -4.53. The molecule has 0 heterocycles. The molecule has 7 heteroatoms. The van der Waals surface area contributed by atoms with Crippen LogP contribution >= 0.6 is 0 Å². The molecule has 2 N–H and O–H groups in total. The van der Waals surface area contributed by atoms with Gasteiger partial charge >= 0.3 is 12.1 Å². The second kappa shape index (κ2) is 6.60. The van der Waals surface area contributed by atoms with Gasteiger partial charge in [-0.1, -0.05) is 25.3 Å². The number of benzene rings is 1. The van der Waals surface area contributed by atoms with Crippen LogP contribution in [0.25, 0.3) is 0 Å². The standard InChI is InChI=1S/C16H18F3NO3/c17-16(18,19)12-6-4-5-11(9-12)13(21)20-10-15(14(22)23)7-2-1-3-8-15/h4-6,9H,1-3,7-8,10H2,(H,20,21)(H,22,23). The molecule has 0 aliphatic heterocycles. The predicted octanol–water partition coefficient (Wildman–Crippen LogP) is 3.47. The van der Waals surface area contributed by atoms with Crippen LogP contribution in [0.3, 0.4) is 0 Å². The number of carboxylic acid groups (broad SMARTS) is 1. The van der Waals surface area contributed by atoms with Crippen molar-refractivity contribution >= 4 is 11.9 Å². The molecular weight excluding hydrogens is 311 g/mol. The molecule has 0 radical (unpaired) electrons. The summed E-state index contributed by atoms with van der Waals surface area (Å²) in [4.78, 5) is 23.6. The van der Waals surface area contributed by atoms with E-state index in [-0.39, 0.29) is 12.1 Å². The number of rotatable bonds is 4. The van der Waals surface area contributed by atoms with Crippen molar-refractivity contribution in [2.45, 2.75) is 38.3 Å². The van der Waals surface area contributed by atoms with E-state index in [2.05, 4.69) is 5.32 Å². The fraction of sp³-hybridized carbons (Fsp3) is 0.500. The first kappa shape index (κ1) is 17.3. The Balaban J connectivity index is 2.08. The molecule has 1 aromatic rings. The molecule has 1 fully saturated rings. The van der Waals surface area contributed by atoms with Crippen LogP contribution in [0.4, 0.5) is 13.2 Å². The normalized spacial score (nSPS) is 17.5. The molecule has 0 saturated heterocycles. The van der Waals surface area contributed by atoms with E-state index in [1.165, 1.54) is 6.07 Å². The lowest BCUT2D eigenvalue weighted by Crippen LogP contribution is -2.44. The van der Waals surface area contributed by atoms with E-state index in [0.717, 1.165) is 37.5 Å². The van der Waals surface area contributed by atoms with Gasteiger partial charge in [0.25, 0.3) is 5.91 Å². The Kier molecular flexibility index (Phi) is 4.97. The van der Waals surface area contributed by atoms with Gasteiger partial charge in [-0.15, -0.1) is 0 Å². The van der Waals surface area contributed by atoms with Crippen molar-refractivity contribution in [2.24, 2.45) is 5.41 Å². The molecule has 23 heavy (non-hydrogen) atoms. The van der Waals surface area contributed by atoms with Gasteiger partial charge < -0.3 is 10.4 Å². The van der Waals surface area contributed by atoms with Crippen LogP contribution in [0, 0.1) is 5.41 Å². The number of hydrogen-bond acceptors (Lipinski definition) is 2. The maximum Gasteiger partial charge on any atom is 0.416 e. The quantitative estimate of drug-likeness (QED) is 0.889. The fourth-order valence-electron chi connectivity index (χ4n) is 2.88. The number of aliphatic carboxylic acids is 1. The fourth-order valence-corrected chi connectivity index (χ4v) is 2.88. The van der Waals surface area contributed by atoms with E-state index in [1.54, 1.807) is 0 Å². The van der Waals surface area contributed by atoms with Gasteiger partial charge in [-0.3, -0.25) is 9.59 Å². The molecule has 0 bridgehead atoms. The van der Waals surface area contributed by atoms with Crippen molar-refractivity contribution in [1.82, 2.24) is 5.32 Å². The zero-order valence-electron chi connectivity index (χ0n) is 12.4. The number of alkyl halides is 3. The van der Waals surface area contributed by atoms with Crippen molar-refractivity contribution in [3.05, 3.63) is 35.4 Å². The lowest BCUT2D eigenvalue weighted by Gasteiger charge is -2.33. The summed E-state index contributed by atoms with van der Waals surface area (Å²) >= 11 is 0. The van der Waals surface area contributed by atoms with Gasteiger partial charge in [0.1, 0.15) is 0 Å². The second-order valence-electron chi connectivity index (χ2n) is 5.91. The van der Waals surface area contributed by atoms with Crippen molar-refractivity contribution in [2.75, 3.05) is 6.54 Å². The largest absolute Gasteiger partial charge is 0.481 e. The number of carbonyl (C=O) groups excluding carboxylic acids is 1. The molecule has 1 aromatic carbocycles. The van der Waals surface area contributed by atoms with Crippen molar-refractivity contribution in [3.63, 3.8) is 0 Å². The van der Waals surface area contributed by atoms with Crippen molar-refractivity contribution < 1.29 is 27.9 Å². The van der Waals surface area contributed by atoms with Gasteiger partial charge in [0, 0.05) is 12.1 Å². The summed E-state index contributed by atoms with van der Waals surface area (Å²) in [5.41, 5.74) is -2.05. The Morgan fingerprint density at radius 2 is 1.83 bits per heavy atom. The SMILES string of the molecule is O=C(NCC1(C(=O)O)CCCCC1)c1cccc(C(F)(F)F)c1. The Morgan fingerprint density at radius 1 is 1.17 bits per heavy atom.